The number of amides is 1. The first-order valence-corrected chi connectivity index (χ1v) is 11.5. The summed E-state index contributed by atoms with van der Waals surface area (Å²) in [6, 6.07) is 8.03. The summed E-state index contributed by atoms with van der Waals surface area (Å²) in [5.41, 5.74) is 1.68. The van der Waals surface area contributed by atoms with Crippen LogP contribution in [-0.2, 0) is 10.3 Å². The molecule has 2 aromatic heterocycles. The lowest BCUT2D eigenvalue weighted by atomic mass is 9.44. The normalized spacial score (nSPS) is 28.4. The standard InChI is InChI=1S/C24H21ClF2N4O4/c25-15-2-3-18-16(5-15)17(32)6-19(34-18)21(33)30-23-10-24(11-23,12-23)31-9-14(8-29-31)13-1-4-20(28-7-13)35-22(26)27/h1-5,7-9,17,19,22,32H,6,10-12H2,(H,30,33)/t17-,19-,23?,24?/m1/s1. The third-order valence-corrected chi connectivity index (χ3v) is 7.30. The molecule has 2 atom stereocenters. The Hall–Kier alpha value is -3.24. The molecule has 1 aliphatic heterocycles. The molecule has 0 radical (unpaired) electrons. The molecule has 3 fully saturated rings. The van der Waals surface area contributed by atoms with E-state index in [1.807, 2.05) is 10.9 Å². The first-order chi connectivity index (χ1) is 16.7. The fourth-order valence-electron chi connectivity index (χ4n) is 5.47. The van der Waals surface area contributed by atoms with Crippen LogP contribution in [0.5, 0.6) is 11.6 Å². The van der Waals surface area contributed by atoms with Crippen LogP contribution in [0.3, 0.4) is 0 Å². The number of carbonyl (C=O) groups excluding carboxylic acids is 1. The minimum absolute atomic E-state index is 0.144. The Labute approximate surface area is 203 Å². The number of pyridine rings is 1. The first kappa shape index (κ1) is 22.2. The van der Waals surface area contributed by atoms with Crippen molar-refractivity contribution in [2.24, 2.45) is 0 Å². The molecule has 2 bridgehead atoms. The van der Waals surface area contributed by atoms with E-state index in [0.717, 1.165) is 30.4 Å². The summed E-state index contributed by atoms with van der Waals surface area (Å²) in [4.78, 5) is 16.8. The number of nitrogens with zero attached hydrogens (tertiary/aromatic N) is 3. The molecule has 0 saturated heterocycles. The van der Waals surface area contributed by atoms with Gasteiger partial charge < -0.3 is 19.9 Å². The Kier molecular flexibility index (Phi) is 5.01. The van der Waals surface area contributed by atoms with Crippen molar-refractivity contribution in [3.8, 4) is 22.8 Å². The topological polar surface area (TPSA) is 98.5 Å². The lowest BCUT2D eigenvalue weighted by molar-refractivity contribution is -0.165. The number of halogens is 3. The molecule has 4 aliphatic rings. The van der Waals surface area contributed by atoms with Crippen molar-refractivity contribution in [2.75, 3.05) is 0 Å². The summed E-state index contributed by atoms with van der Waals surface area (Å²) in [7, 11) is 0. The van der Waals surface area contributed by atoms with Crippen LogP contribution in [-0.4, -0.2) is 44.0 Å². The van der Waals surface area contributed by atoms with Gasteiger partial charge in [0.2, 0.25) is 5.88 Å². The molecule has 35 heavy (non-hydrogen) atoms. The number of aromatic nitrogens is 3. The summed E-state index contributed by atoms with van der Waals surface area (Å²) in [5, 5.41) is 18.6. The Morgan fingerprint density at radius 3 is 2.74 bits per heavy atom. The highest BCUT2D eigenvalue weighted by Crippen LogP contribution is 2.65. The number of nitrogens with one attached hydrogen (secondary N) is 1. The fraction of sp³-hybridized carbons (Fsp3) is 0.375. The van der Waals surface area contributed by atoms with Gasteiger partial charge in [0.1, 0.15) is 5.75 Å². The summed E-state index contributed by atoms with van der Waals surface area (Å²) in [6.45, 7) is -2.92. The van der Waals surface area contributed by atoms with E-state index in [1.165, 1.54) is 12.3 Å². The number of ether oxygens (including phenoxy) is 2. The quantitative estimate of drug-likeness (QED) is 0.531. The molecule has 0 spiro atoms. The van der Waals surface area contributed by atoms with E-state index in [0.29, 0.717) is 16.3 Å². The molecule has 1 amide bonds. The number of fused-ring (bicyclic) bond motifs is 1. The maximum atomic E-state index is 12.9. The maximum absolute atomic E-state index is 12.9. The molecule has 7 rings (SSSR count). The van der Waals surface area contributed by atoms with Crippen LogP contribution >= 0.6 is 11.6 Å². The van der Waals surface area contributed by atoms with Gasteiger partial charge in [0.05, 0.1) is 17.8 Å². The molecule has 11 heteroatoms. The molecule has 3 aliphatic carbocycles. The van der Waals surface area contributed by atoms with E-state index in [1.54, 1.807) is 30.5 Å². The smallest absolute Gasteiger partial charge is 0.388 e. The second-order valence-corrected chi connectivity index (χ2v) is 9.94. The average molecular weight is 503 g/mol. The zero-order valence-electron chi connectivity index (χ0n) is 18.3. The third-order valence-electron chi connectivity index (χ3n) is 7.07. The molecule has 3 saturated carbocycles. The van der Waals surface area contributed by atoms with Crippen molar-refractivity contribution >= 4 is 17.5 Å². The van der Waals surface area contributed by atoms with Gasteiger partial charge in [-0.2, -0.15) is 13.9 Å². The van der Waals surface area contributed by atoms with Gasteiger partial charge >= 0.3 is 6.61 Å². The molecule has 3 heterocycles. The predicted molar refractivity (Wildman–Crippen MR) is 120 cm³/mol. The fourth-order valence-corrected chi connectivity index (χ4v) is 5.65. The third kappa shape index (κ3) is 3.81. The number of carbonyl (C=O) groups is 1. The first-order valence-electron chi connectivity index (χ1n) is 11.2. The van der Waals surface area contributed by atoms with Crippen LogP contribution in [0.1, 0.15) is 37.4 Å². The molecule has 182 valence electrons. The number of hydrogen-bond donors (Lipinski definition) is 2. The minimum atomic E-state index is -2.92. The van der Waals surface area contributed by atoms with Gasteiger partial charge in [-0.15, -0.1) is 0 Å². The Morgan fingerprint density at radius 1 is 1.23 bits per heavy atom. The largest absolute Gasteiger partial charge is 0.480 e. The van der Waals surface area contributed by atoms with E-state index in [9.17, 15) is 18.7 Å². The van der Waals surface area contributed by atoms with Crippen LogP contribution in [0.2, 0.25) is 5.02 Å². The van der Waals surface area contributed by atoms with Gasteiger partial charge in [0, 0.05) is 52.1 Å². The summed E-state index contributed by atoms with van der Waals surface area (Å²) >= 11 is 6.00. The Morgan fingerprint density at radius 2 is 2.03 bits per heavy atom. The Bertz CT molecular complexity index is 1280. The summed E-state index contributed by atoms with van der Waals surface area (Å²) < 4.78 is 36.6. The number of aliphatic hydroxyl groups excluding tert-OH is 1. The van der Waals surface area contributed by atoms with E-state index in [-0.39, 0.29) is 29.3 Å². The zero-order chi connectivity index (χ0) is 24.4. The molecule has 2 N–H and O–H groups in total. The minimum Gasteiger partial charge on any atom is -0.480 e. The average Bonchev–Trinajstić information content (AvgIpc) is 3.25. The van der Waals surface area contributed by atoms with Crippen molar-refractivity contribution in [3.05, 3.63) is 59.5 Å². The molecule has 8 nitrogen and oxygen atoms in total. The van der Waals surface area contributed by atoms with Crippen LogP contribution in [0, 0.1) is 0 Å². The van der Waals surface area contributed by atoms with Crippen molar-refractivity contribution in [1.82, 2.24) is 20.1 Å². The monoisotopic (exact) mass is 502 g/mol. The van der Waals surface area contributed by atoms with Crippen molar-refractivity contribution in [3.63, 3.8) is 0 Å². The summed E-state index contributed by atoms with van der Waals surface area (Å²) in [6.07, 6.45) is 5.88. The lowest BCUT2D eigenvalue weighted by Crippen LogP contribution is -2.79. The summed E-state index contributed by atoms with van der Waals surface area (Å²) in [5.74, 6) is 0.0843. The van der Waals surface area contributed by atoms with Crippen molar-refractivity contribution in [2.45, 2.75) is 55.6 Å². The number of hydrogen-bond acceptors (Lipinski definition) is 6. The lowest BCUT2D eigenvalue weighted by Gasteiger charge is -2.70. The van der Waals surface area contributed by atoms with Crippen LogP contribution in [0.4, 0.5) is 8.78 Å². The van der Waals surface area contributed by atoms with Gasteiger partial charge in [0.15, 0.2) is 6.10 Å². The van der Waals surface area contributed by atoms with E-state index in [2.05, 4.69) is 20.1 Å². The van der Waals surface area contributed by atoms with E-state index < -0.39 is 18.8 Å². The number of rotatable bonds is 6. The van der Waals surface area contributed by atoms with Gasteiger partial charge in [-0.05, 0) is 43.5 Å². The SMILES string of the molecule is O=C(NC12CC(n3cc(-c4ccc(OC(F)F)nc4)cn3)(C1)C2)[C@H]1C[C@@H](O)c2cc(Cl)ccc2O1. The van der Waals surface area contributed by atoms with Crippen LogP contribution in [0.15, 0.2) is 48.9 Å². The highest BCUT2D eigenvalue weighted by Gasteiger charge is 2.70. The number of benzene rings is 1. The second kappa shape index (κ2) is 7.89. The van der Waals surface area contributed by atoms with E-state index >= 15 is 0 Å². The van der Waals surface area contributed by atoms with Gasteiger partial charge in [-0.3, -0.25) is 9.48 Å². The van der Waals surface area contributed by atoms with Crippen molar-refractivity contribution in [1.29, 1.82) is 0 Å². The number of alkyl halides is 2. The Balaban J connectivity index is 1.08. The highest BCUT2D eigenvalue weighted by molar-refractivity contribution is 6.30. The van der Waals surface area contributed by atoms with Crippen molar-refractivity contribution < 1.29 is 28.2 Å². The molecule has 1 aromatic carbocycles. The molecule has 0 unspecified atom stereocenters. The van der Waals surface area contributed by atoms with Gasteiger partial charge in [-0.1, -0.05) is 11.6 Å². The highest BCUT2D eigenvalue weighted by atomic mass is 35.5. The molecule has 3 aromatic rings. The van der Waals surface area contributed by atoms with E-state index in [4.69, 9.17) is 16.3 Å². The zero-order valence-corrected chi connectivity index (χ0v) is 19.1. The number of aliphatic hydroxyl groups is 1. The van der Waals surface area contributed by atoms with Crippen LogP contribution in [0.25, 0.3) is 11.1 Å². The molecular formula is C24H21ClF2N4O4. The van der Waals surface area contributed by atoms with Crippen LogP contribution < -0.4 is 14.8 Å². The predicted octanol–water partition coefficient (Wildman–Crippen LogP) is 3.83. The second-order valence-electron chi connectivity index (χ2n) is 9.50. The molecular weight excluding hydrogens is 482 g/mol. The maximum Gasteiger partial charge on any atom is 0.388 e. The van der Waals surface area contributed by atoms with Gasteiger partial charge in [0.25, 0.3) is 5.91 Å². The van der Waals surface area contributed by atoms with Gasteiger partial charge in [-0.25, -0.2) is 4.98 Å².